The van der Waals surface area contributed by atoms with E-state index in [0.29, 0.717) is 0 Å². The molecule has 0 N–H and O–H groups in total. The van der Waals surface area contributed by atoms with E-state index >= 15 is 0 Å². The van der Waals surface area contributed by atoms with Crippen molar-refractivity contribution in [1.29, 1.82) is 0 Å². The Balaban J connectivity index is 2.04. The molecule has 1 aromatic rings. The first-order valence-electron chi connectivity index (χ1n) is 8.33. The van der Waals surface area contributed by atoms with Crippen LogP contribution in [-0.4, -0.2) is 12.1 Å². The Labute approximate surface area is 145 Å². The maximum Gasteiger partial charge on any atom is 0.311 e. The SMILES string of the molecule is C#CC(/C=C/c1ccccc1C)OC(=O)C1C(C=C(C)C)C1(C)C. The molecule has 2 rings (SSSR count). The highest BCUT2D eigenvalue weighted by Crippen LogP contribution is 2.59. The highest BCUT2D eigenvalue weighted by molar-refractivity contribution is 5.79. The summed E-state index contributed by atoms with van der Waals surface area (Å²) in [6.45, 7) is 10.3. The Morgan fingerprint density at radius 1 is 1.33 bits per heavy atom. The molecule has 0 radical (unpaired) electrons. The summed E-state index contributed by atoms with van der Waals surface area (Å²) in [5, 5.41) is 0. The average molecular weight is 322 g/mol. The summed E-state index contributed by atoms with van der Waals surface area (Å²) in [5.74, 6) is 2.45. The lowest BCUT2D eigenvalue weighted by Crippen LogP contribution is -2.17. The van der Waals surface area contributed by atoms with Gasteiger partial charge < -0.3 is 4.74 Å². The number of terminal acetylenes is 1. The molecule has 0 amide bonds. The Morgan fingerprint density at radius 2 is 2.00 bits per heavy atom. The summed E-state index contributed by atoms with van der Waals surface area (Å²) in [4.78, 5) is 12.5. The van der Waals surface area contributed by atoms with Crippen LogP contribution in [0.4, 0.5) is 0 Å². The minimum absolute atomic E-state index is 0.0623. The van der Waals surface area contributed by atoms with Gasteiger partial charge in [-0.05, 0) is 49.3 Å². The van der Waals surface area contributed by atoms with Gasteiger partial charge in [0.15, 0.2) is 6.10 Å². The lowest BCUT2D eigenvalue weighted by molar-refractivity contribution is -0.147. The summed E-state index contributed by atoms with van der Waals surface area (Å²) >= 11 is 0. The molecule has 3 unspecified atom stereocenters. The molecule has 1 saturated carbocycles. The first kappa shape index (κ1) is 18.1. The van der Waals surface area contributed by atoms with Crippen LogP contribution in [-0.2, 0) is 9.53 Å². The molecule has 1 aromatic carbocycles. The van der Waals surface area contributed by atoms with Crippen molar-refractivity contribution in [3.8, 4) is 12.3 Å². The van der Waals surface area contributed by atoms with Crippen LogP contribution in [0.1, 0.15) is 38.8 Å². The van der Waals surface area contributed by atoms with Crippen LogP contribution < -0.4 is 0 Å². The van der Waals surface area contributed by atoms with Gasteiger partial charge in [-0.25, -0.2) is 0 Å². The zero-order valence-electron chi connectivity index (χ0n) is 15.2. The van der Waals surface area contributed by atoms with E-state index in [1.54, 1.807) is 6.08 Å². The Hall–Kier alpha value is -2.27. The minimum Gasteiger partial charge on any atom is -0.445 e. The molecule has 0 heterocycles. The van der Waals surface area contributed by atoms with Crippen molar-refractivity contribution in [3.05, 3.63) is 53.1 Å². The van der Waals surface area contributed by atoms with Gasteiger partial charge in [0, 0.05) is 0 Å². The molecular formula is C22H26O2. The zero-order valence-corrected chi connectivity index (χ0v) is 15.2. The second-order valence-corrected chi connectivity index (χ2v) is 7.31. The molecule has 0 aromatic heterocycles. The third-order valence-corrected chi connectivity index (χ3v) is 4.72. The zero-order chi connectivity index (χ0) is 17.9. The number of allylic oxidation sites excluding steroid dienone is 2. The molecular weight excluding hydrogens is 296 g/mol. The molecule has 0 spiro atoms. The van der Waals surface area contributed by atoms with Crippen molar-refractivity contribution >= 4 is 12.0 Å². The van der Waals surface area contributed by atoms with Crippen LogP contribution in [0.5, 0.6) is 0 Å². The molecule has 3 atom stereocenters. The van der Waals surface area contributed by atoms with Crippen molar-refractivity contribution in [2.24, 2.45) is 17.3 Å². The number of esters is 1. The fourth-order valence-corrected chi connectivity index (χ4v) is 3.09. The van der Waals surface area contributed by atoms with Crippen LogP contribution >= 0.6 is 0 Å². The predicted molar refractivity (Wildman–Crippen MR) is 99.1 cm³/mol. The van der Waals surface area contributed by atoms with Crippen LogP contribution in [0.15, 0.2) is 42.0 Å². The number of hydrogen-bond acceptors (Lipinski definition) is 2. The summed E-state index contributed by atoms with van der Waals surface area (Å²) in [7, 11) is 0. The number of carbonyl (C=O) groups is 1. The minimum atomic E-state index is -0.638. The fourth-order valence-electron chi connectivity index (χ4n) is 3.09. The van der Waals surface area contributed by atoms with E-state index in [2.05, 4.69) is 25.8 Å². The first-order chi connectivity index (χ1) is 11.3. The van der Waals surface area contributed by atoms with E-state index in [1.165, 1.54) is 5.57 Å². The van der Waals surface area contributed by atoms with Gasteiger partial charge in [-0.15, -0.1) is 6.42 Å². The van der Waals surface area contributed by atoms with E-state index < -0.39 is 6.10 Å². The Bertz CT molecular complexity index is 712. The molecule has 126 valence electrons. The van der Waals surface area contributed by atoms with Crippen molar-refractivity contribution in [1.82, 2.24) is 0 Å². The molecule has 1 aliphatic rings. The summed E-state index contributed by atoms with van der Waals surface area (Å²) < 4.78 is 5.54. The van der Waals surface area contributed by atoms with Crippen LogP contribution in [0, 0.1) is 36.5 Å². The highest BCUT2D eigenvalue weighted by atomic mass is 16.5. The molecule has 0 aliphatic heterocycles. The predicted octanol–water partition coefficient (Wildman–Crippen LogP) is 4.79. The largest absolute Gasteiger partial charge is 0.445 e. The maximum atomic E-state index is 12.5. The lowest BCUT2D eigenvalue weighted by Gasteiger charge is -2.09. The van der Waals surface area contributed by atoms with Gasteiger partial charge in [-0.1, -0.05) is 61.8 Å². The topological polar surface area (TPSA) is 26.3 Å². The molecule has 1 aliphatic carbocycles. The van der Waals surface area contributed by atoms with Gasteiger partial charge in [0.2, 0.25) is 0 Å². The van der Waals surface area contributed by atoms with Crippen molar-refractivity contribution in [3.63, 3.8) is 0 Å². The second-order valence-electron chi connectivity index (χ2n) is 7.31. The van der Waals surface area contributed by atoms with Gasteiger partial charge in [-0.2, -0.15) is 0 Å². The van der Waals surface area contributed by atoms with E-state index in [0.717, 1.165) is 11.1 Å². The molecule has 0 saturated heterocycles. The molecule has 2 heteroatoms. The summed E-state index contributed by atoms with van der Waals surface area (Å²) in [6.07, 6.45) is 10.7. The normalized spacial score (nSPS) is 22.5. The van der Waals surface area contributed by atoms with Crippen LogP contribution in [0.3, 0.4) is 0 Å². The van der Waals surface area contributed by atoms with Gasteiger partial charge in [-0.3, -0.25) is 4.79 Å². The van der Waals surface area contributed by atoms with Crippen molar-refractivity contribution < 1.29 is 9.53 Å². The van der Waals surface area contributed by atoms with Gasteiger partial charge in [0.25, 0.3) is 0 Å². The summed E-state index contributed by atoms with van der Waals surface area (Å²) in [5.41, 5.74) is 3.38. The van der Waals surface area contributed by atoms with E-state index in [-0.39, 0.29) is 23.2 Å². The number of aryl methyl sites for hydroxylation is 1. The monoisotopic (exact) mass is 322 g/mol. The van der Waals surface area contributed by atoms with Crippen molar-refractivity contribution in [2.45, 2.75) is 40.7 Å². The number of ether oxygens (including phenoxy) is 1. The number of benzene rings is 1. The molecule has 1 fully saturated rings. The summed E-state index contributed by atoms with van der Waals surface area (Å²) in [6, 6.07) is 8.01. The van der Waals surface area contributed by atoms with Crippen LogP contribution in [0.25, 0.3) is 6.08 Å². The number of rotatable bonds is 5. The van der Waals surface area contributed by atoms with E-state index in [4.69, 9.17) is 11.2 Å². The third-order valence-electron chi connectivity index (χ3n) is 4.72. The molecule has 24 heavy (non-hydrogen) atoms. The average Bonchev–Trinajstić information content (AvgIpc) is 3.04. The Morgan fingerprint density at radius 3 is 2.58 bits per heavy atom. The van der Waals surface area contributed by atoms with E-state index in [9.17, 15) is 4.79 Å². The Kier molecular flexibility index (Phi) is 5.34. The quantitative estimate of drug-likeness (QED) is 0.442. The number of hydrogen-bond donors (Lipinski definition) is 0. The fraction of sp³-hybridized carbons (Fsp3) is 0.409. The standard InChI is InChI=1S/C22H26O2/c1-7-18(13-12-17-11-9-8-10-16(17)4)24-21(23)20-19(14-15(2)3)22(20,5)6/h1,8-14,18-20H,2-6H3/b13-12+. The van der Waals surface area contributed by atoms with Crippen LogP contribution in [0.2, 0.25) is 0 Å². The van der Waals surface area contributed by atoms with E-state index in [1.807, 2.05) is 51.1 Å². The molecule has 0 bridgehead atoms. The first-order valence-corrected chi connectivity index (χ1v) is 8.33. The molecule has 2 nitrogen and oxygen atoms in total. The smallest absolute Gasteiger partial charge is 0.311 e. The van der Waals surface area contributed by atoms with Crippen molar-refractivity contribution in [2.75, 3.05) is 0 Å². The number of carbonyl (C=O) groups excluding carboxylic acids is 1. The second kappa shape index (κ2) is 7.09. The van der Waals surface area contributed by atoms with Gasteiger partial charge in [0.05, 0.1) is 5.92 Å². The third kappa shape index (κ3) is 3.97. The lowest BCUT2D eigenvalue weighted by atomic mass is 10.1. The van der Waals surface area contributed by atoms with Gasteiger partial charge in [0.1, 0.15) is 0 Å². The van der Waals surface area contributed by atoms with Gasteiger partial charge >= 0.3 is 5.97 Å². The maximum absolute atomic E-state index is 12.5. The highest BCUT2D eigenvalue weighted by Gasteiger charge is 2.61.